The van der Waals surface area contributed by atoms with Crippen molar-refractivity contribution in [3.63, 3.8) is 0 Å². The summed E-state index contributed by atoms with van der Waals surface area (Å²) >= 11 is 0. The zero-order valence-electron chi connectivity index (χ0n) is 15.4. The summed E-state index contributed by atoms with van der Waals surface area (Å²) in [4.78, 5) is 0. The van der Waals surface area contributed by atoms with Gasteiger partial charge >= 0.3 is 0 Å². The minimum absolute atomic E-state index is 1.26. The molecule has 0 fully saturated rings. The van der Waals surface area contributed by atoms with Gasteiger partial charge in [0.1, 0.15) is 0 Å². The van der Waals surface area contributed by atoms with Crippen molar-refractivity contribution in [2.24, 2.45) is 0 Å². The largest absolute Gasteiger partial charge is 0.0622 e. The Hall–Kier alpha value is -3.64. The van der Waals surface area contributed by atoms with Crippen LogP contribution in [-0.2, 0) is 0 Å². The van der Waals surface area contributed by atoms with E-state index in [2.05, 4.69) is 109 Å². The SMILES string of the molecule is c1ccc(-c2cccc3ccc4c5ccc6ccccc6c5ccc4c23)cc1. The molecule has 0 heterocycles. The molecule has 0 aliphatic rings. The molecule has 0 saturated heterocycles. The first-order chi connectivity index (χ1) is 13.9. The van der Waals surface area contributed by atoms with Crippen molar-refractivity contribution in [2.45, 2.75) is 0 Å². The van der Waals surface area contributed by atoms with Gasteiger partial charge in [-0.05, 0) is 54.2 Å². The third-order valence-electron chi connectivity index (χ3n) is 5.85. The quantitative estimate of drug-likeness (QED) is 0.263. The fourth-order valence-corrected chi connectivity index (χ4v) is 4.55. The molecule has 0 spiro atoms. The summed E-state index contributed by atoms with van der Waals surface area (Å²) in [5.41, 5.74) is 2.56. The first-order valence-electron chi connectivity index (χ1n) is 9.71. The van der Waals surface area contributed by atoms with Gasteiger partial charge in [-0.15, -0.1) is 0 Å². The van der Waals surface area contributed by atoms with Crippen LogP contribution in [0.5, 0.6) is 0 Å². The predicted molar refractivity (Wildman–Crippen MR) is 122 cm³/mol. The molecule has 6 aromatic carbocycles. The molecule has 0 unspecified atom stereocenters. The van der Waals surface area contributed by atoms with Gasteiger partial charge in [-0.2, -0.15) is 0 Å². The number of benzene rings is 6. The summed E-state index contributed by atoms with van der Waals surface area (Å²) in [5, 5.41) is 10.5. The Morgan fingerprint density at radius 3 is 1.82 bits per heavy atom. The Labute approximate surface area is 163 Å². The molecular weight excluding hydrogens is 336 g/mol. The van der Waals surface area contributed by atoms with Crippen molar-refractivity contribution in [3.05, 3.63) is 109 Å². The highest BCUT2D eigenvalue weighted by molar-refractivity contribution is 6.24. The molecule has 0 atom stereocenters. The lowest BCUT2D eigenvalue weighted by Gasteiger charge is -2.13. The maximum atomic E-state index is 2.30. The molecule has 0 heteroatoms. The van der Waals surface area contributed by atoms with E-state index in [0.29, 0.717) is 0 Å². The van der Waals surface area contributed by atoms with E-state index >= 15 is 0 Å². The third kappa shape index (κ3) is 2.18. The van der Waals surface area contributed by atoms with Crippen LogP contribution in [0.15, 0.2) is 109 Å². The first kappa shape index (κ1) is 15.4. The molecule has 0 nitrogen and oxygen atoms in total. The zero-order chi connectivity index (χ0) is 18.5. The van der Waals surface area contributed by atoms with Crippen LogP contribution in [0.1, 0.15) is 0 Å². The van der Waals surface area contributed by atoms with E-state index in [-0.39, 0.29) is 0 Å². The molecule has 0 radical (unpaired) electrons. The summed E-state index contributed by atoms with van der Waals surface area (Å²) in [7, 11) is 0. The number of rotatable bonds is 1. The average molecular weight is 354 g/mol. The molecule has 0 amide bonds. The second-order valence-corrected chi connectivity index (χ2v) is 7.38. The second kappa shape index (κ2) is 5.94. The van der Waals surface area contributed by atoms with E-state index in [1.807, 2.05) is 0 Å². The summed E-state index contributed by atoms with van der Waals surface area (Å²) in [5.74, 6) is 0. The molecule has 0 aliphatic carbocycles. The summed E-state index contributed by atoms with van der Waals surface area (Å²) in [6.07, 6.45) is 0. The fourth-order valence-electron chi connectivity index (χ4n) is 4.55. The Kier molecular flexibility index (Phi) is 3.27. The van der Waals surface area contributed by atoms with Gasteiger partial charge in [0, 0.05) is 0 Å². The van der Waals surface area contributed by atoms with Gasteiger partial charge in [-0.25, -0.2) is 0 Å². The minimum Gasteiger partial charge on any atom is -0.0622 e. The third-order valence-corrected chi connectivity index (χ3v) is 5.85. The van der Waals surface area contributed by atoms with Crippen LogP contribution in [0.4, 0.5) is 0 Å². The lowest BCUT2D eigenvalue weighted by Crippen LogP contribution is -1.86. The van der Waals surface area contributed by atoms with Crippen LogP contribution in [0.25, 0.3) is 54.2 Å². The van der Waals surface area contributed by atoms with E-state index in [0.717, 1.165) is 0 Å². The maximum absolute atomic E-state index is 2.30. The topological polar surface area (TPSA) is 0 Å². The van der Waals surface area contributed by atoms with Crippen LogP contribution in [0.3, 0.4) is 0 Å². The number of hydrogen-bond acceptors (Lipinski definition) is 0. The Balaban J connectivity index is 1.79. The van der Waals surface area contributed by atoms with E-state index in [9.17, 15) is 0 Å². The number of fused-ring (bicyclic) bond motifs is 7. The fraction of sp³-hybridized carbons (Fsp3) is 0. The molecule has 0 aliphatic heterocycles. The monoisotopic (exact) mass is 354 g/mol. The normalized spacial score (nSPS) is 11.6. The highest BCUT2D eigenvalue weighted by atomic mass is 14.1. The van der Waals surface area contributed by atoms with Crippen molar-refractivity contribution in [1.29, 1.82) is 0 Å². The Morgan fingerprint density at radius 1 is 0.321 bits per heavy atom. The van der Waals surface area contributed by atoms with Crippen molar-refractivity contribution >= 4 is 43.1 Å². The second-order valence-electron chi connectivity index (χ2n) is 7.38. The van der Waals surface area contributed by atoms with Crippen LogP contribution in [0.2, 0.25) is 0 Å². The van der Waals surface area contributed by atoms with Crippen molar-refractivity contribution < 1.29 is 0 Å². The molecule has 0 bridgehead atoms. The van der Waals surface area contributed by atoms with Crippen LogP contribution >= 0.6 is 0 Å². The molecule has 6 aromatic rings. The van der Waals surface area contributed by atoms with E-state index in [4.69, 9.17) is 0 Å². The van der Waals surface area contributed by atoms with Gasteiger partial charge in [-0.1, -0.05) is 109 Å². The first-order valence-corrected chi connectivity index (χ1v) is 9.71. The summed E-state index contributed by atoms with van der Waals surface area (Å²) in [6, 6.07) is 39.6. The van der Waals surface area contributed by atoms with E-state index in [1.54, 1.807) is 0 Å². The highest BCUT2D eigenvalue weighted by Crippen LogP contribution is 2.38. The lowest BCUT2D eigenvalue weighted by atomic mass is 9.91. The highest BCUT2D eigenvalue weighted by Gasteiger charge is 2.10. The molecule has 28 heavy (non-hydrogen) atoms. The van der Waals surface area contributed by atoms with Crippen LogP contribution in [0, 0.1) is 0 Å². The zero-order valence-corrected chi connectivity index (χ0v) is 15.4. The maximum Gasteiger partial charge on any atom is -0.00266 e. The van der Waals surface area contributed by atoms with Gasteiger partial charge in [0.15, 0.2) is 0 Å². The van der Waals surface area contributed by atoms with Crippen molar-refractivity contribution in [3.8, 4) is 11.1 Å². The smallest absolute Gasteiger partial charge is 0.00266 e. The standard InChI is InChI=1S/C28H18/c1-2-7-19(8-3-1)23-12-6-10-21-14-16-26-25-15-13-20-9-4-5-11-22(20)24(25)17-18-27(26)28(21)23/h1-18H. The summed E-state index contributed by atoms with van der Waals surface area (Å²) in [6.45, 7) is 0. The molecular formula is C28H18. The Morgan fingerprint density at radius 2 is 0.929 bits per heavy atom. The molecule has 6 rings (SSSR count). The van der Waals surface area contributed by atoms with Gasteiger partial charge in [0.05, 0.1) is 0 Å². The Bertz CT molecular complexity index is 1490. The minimum atomic E-state index is 1.26. The van der Waals surface area contributed by atoms with Gasteiger partial charge in [0.25, 0.3) is 0 Å². The van der Waals surface area contributed by atoms with Crippen LogP contribution in [-0.4, -0.2) is 0 Å². The molecule has 0 aromatic heterocycles. The van der Waals surface area contributed by atoms with E-state index in [1.165, 1.54) is 54.2 Å². The molecule has 0 saturated carbocycles. The van der Waals surface area contributed by atoms with Crippen LogP contribution < -0.4 is 0 Å². The predicted octanol–water partition coefficient (Wildman–Crippen LogP) is 7.97. The van der Waals surface area contributed by atoms with Gasteiger partial charge in [-0.3, -0.25) is 0 Å². The van der Waals surface area contributed by atoms with Gasteiger partial charge in [0.2, 0.25) is 0 Å². The van der Waals surface area contributed by atoms with E-state index < -0.39 is 0 Å². The van der Waals surface area contributed by atoms with Gasteiger partial charge < -0.3 is 0 Å². The number of hydrogen-bond donors (Lipinski definition) is 0. The average Bonchev–Trinajstić information content (AvgIpc) is 2.78. The lowest BCUT2D eigenvalue weighted by molar-refractivity contribution is 1.66. The molecule has 0 N–H and O–H groups in total. The van der Waals surface area contributed by atoms with Crippen molar-refractivity contribution in [1.82, 2.24) is 0 Å². The summed E-state index contributed by atoms with van der Waals surface area (Å²) < 4.78 is 0. The van der Waals surface area contributed by atoms with Crippen molar-refractivity contribution in [2.75, 3.05) is 0 Å². The molecule has 130 valence electrons.